The Morgan fingerprint density at radius 3 is 2.67 bits per heavy atom. The van der Waals surface area contributed by atoms with E-state index in [1.807, 2.05) is 24.3 Å². The van der Waals surface area contributed by atoms with Crippen LogP contribution in [0.25, 0.3) is 0 Å². The van der Waals surface area contributed by atoms with Crippen LogP contribution in [0.3, 0.4) is 0 Å². The highest BCUT2D eigenvalue weighted by atomic mass is 32.2. The number of thioether (sulfide) groups is 1. The van der Waals surface area contributed by atoms with Crippen LogP contribution in [0.15, 0.2) is 53.7 Å². The van der Waals surface area contributed by atoms with Crippen molar-refractivity contribution in [3.05, 3.63) is 48.8 Å². The van der Waals surface area contributed by atoms with Gasteiger partial charge in [-0.2, -0.15) is 0 Å². The van der Waals surface area contributed by atoms with E-state index in [1.54, 1.807) is 24.5 Å². The zero-order valence-electron chi connectivity index (χ0n) is 9.67. The SMILES string of the molecule is Nc1ccccc1NC(=O)CSc1ccncc1. The molecule has 0 fully saturated rings. The number of benzene rings is 1. The van der Waals surface area contributed by atoms with E-state index in [1.165, 1.54) is 11.8 Å². The Bertz CT molecular complexity index is 531. The number of aromatic nitrogens is 1. The molecule has 4 nitrogen and oxygen atoms in total. The number of carbonyl (C=O) groups is 1. The number of pyridine rings is 1. The second kappa shape index (κ2) is 6.07. The van der Waals surface area contributed by atoms with E-state index in [2.05, 4.69) is 10.3 Å². The van der Waals surface area contributed by atoms with Crippen molar-refractivity contribution in [1.82, 2.24) is 4.98 Å². The van der Waals surface area contributed by atoms with Gasteiger partial charge in [0.15, 0.2) is 0 Å². The summed E-state index contributed by atoms with van der Waals surface area (Å²) in [4.78, 5) is 16.7. The average Bonchev–Trinajstić information content (AvgIpc) is 2.40. The highest BCUT2D eigenvalue weighted by Crippen LogP contribution is 2.19. The van der Waals surface area contributed by atoms with Crippen molar-refractivity contribution in [2.24, 2.45) is 0 Å². The summed E-state index contributed by atoms with van der Waals surface area (Å²) < 4.78 is 0. The van der Waals surface area contributed by atoms with Crippen LogP contribution in [-0.2, 0) is 4.79 Å². The van der Waals surface area contributed by atoms with E-state index in [9.17, 15) is 4.79 Å². The third-order valence-electron chi connectivity index (χ3n) is 2.25. The minimum atomic E-state index is -0.0743. The summed E-state index contributed by atoms with van der Waals surface area (Å²) in [5.74, 6) is 0.271. The summed E-state index contributed by atoms with van der Waals surface area (Å²) in [6.45, 7) is 0. The highest BCUT2D eigenvalue weighted by Gasteiger charge is 2.05. The zero-order chi connectivity index (χ0) is 12.8. The van der Waals surface area contributed by atoms with Crippen molar-refractivity contribution in [3.8, 4) is 0 Å². The first-order chi connectivity index (χ1) is 8.75. The summed E-state index contributed by atoms with van der Waals surface area (Å²) in [7, 11) is 0. The van der Waals surface area contributed by atoms with Crippen LogP contribution in [0, 0.1) is 0 Å². The van der Waals surface area contributed by atoms with E-state index in [0.717, 1.165) is 4.90 Å². The quantitative estimate of drug-likeness (QED) is 0.653. The van der Waals surface area contributed by atoms with Crippen LogP contribution >= 0.6 is 11.8 Å². The van der Waals surface area contributed by atoms with Gasteiger partial charge in [0.05, 0.1) is 17.1 Å². The van der Waals surface area contributed by atoms with Crippen LogP contribution in [-0.4, -0.2) is 16.6 Å². The van der Waals surface area contributed by atoms with Gasteiger partial charge in [-0.05, 0) is 24.3 Å². The first-order valence-electron chi connectivity index (χ1n) is 5.43. The number of hydrogen-bond donors (Lipinski definition) is 2. The van der Waals surface area contributed by atoms with Gasteiger partial charge in [-0.3, -0.25) is 9.78 Å². The van der Waals surface area contributed by atoms with Crippen LogP contribution in [0.4, 0.5) is 11.4 Å². The third kappa shape index (κ3) is 3.49. The number of amides is 1. The molecule has 5 heteroatoms. The maximum absolute atomic E-state index is 11.7. The molecule has 1 aromatic carbocycles. The van der Waals surface area contributed by atoms with Gasteiger partial charge in [-0.15, -0.1) is 11.8 Å². The standard InChI is InChI=1S/C13H13N3OS/c14-11-3-1-2-4-12(11)16-13(17)9-18-10-5-7-15-8-6-10/h1-8H,9,14H2,(H,16,17). The van der Waals surface area contributed by atoms with Crippen LogP contribution in [0.5, 0.6) is 0 Å². The minimum Gasteiger partial charge on any atom is -0.397 e. The minimum absolute atomic E-state index is 0.0743. The molecule has 0 spiro atoms. The fourth-order valence-corrected chi connectivity index (χ4v) is 2.06. The molecule has 2 rings (SSSR count). The lowest BCUT2D eigenvalue weighted by molar-refractivity contribution is -0.113. The van der Waals surface area contributed by atoms with E-state index >= 15 is 0 Å². The van der Waals surface area contributed by atoms with Crippen molar-refractivity contribution >= 4 is 29.0 Å². The predicted octanol–water partition coefficient (Wildman–Crippen LogP) is 2.39. The molecule has 3 N–H and O–H groups in total. The summed E-state index contributed by atoms with van der Waals surface area (Å²) in [5.41, 5.74) is 6.97. The second-order valence-corrected chi connectivity index (χ2v) is 4.66. The number of hydrogen-bond acceptors (Lipinski definition) is 4. The van der Waals surface area contributed by atoms with Gasteiger partial charge in [0.2, 0.25) is 5.91 Å². The summed E-state index contributed by atoms with van der Waals surface area (Å²) in [6.07, 6.45) is 3.41. The molecule has 0 radical (unpaired) electrons. The fourth-order valence-electron chi connectivity index (χ4n) is 1.38. The van der Waals surface area contributed by atoms with E-state index in [0.29, 0.717) is 17.1 Å². The number of anilines is 2. The number of nitrogens with zero attached hydrogens (tertiary/aromatic N) is 1. The molecule has 92 valence electrons. The molecule has 1 aromatic heterocycles. The summed E-state index contributed by atoms with van der Waals surface area (Å²) in [5, 5.41) is 2.78. The van der Waals surface area contributed by atoms with Gasteiger partial charge in [-0.1, -0.05) is 12.1 Å². The predicted molar refractivity (Wildman–Crippen MR) is 74.4 cm³/mol. The number of nitrogens with one attached hydrogen (secondary N) is 1. The summed E-state index contributed by atoms with van der Waals surface area (Å²) in [6, 6.07) is 10.9. The molecule has 0 aliphatic rings. The zero-order valence-corrected chi connectivity index (χ0v) is 10.5. The Morgan fingerprint density at radius 1 is 1.22 bits per heavy atom. The lowest BCUT2D eigenvalue weighted by atomic mass is 10.3. The normalized spacial score (nSPS) is 10.0. The van der Waals surface area contributed by atoms with Crippen LogP contribution in [0.2, 0.25) is 0 Å². The molecule has 1 amide bonds. The second-order valence-electron chi connectivity index (χ2n) is 3.61. The molecule has 18 heavy (non-hydrogen) atoms. The number of nitrogens with two attached hydrogens (primary N) is 1. The Labute approximate surface area is 110 Å². The largest absolute Gasteiger partial charge is 0.397 e. The molecular formula is C13H13N3OS. The van der Waals surface area contributed by atoms with Gasteiger partial charge in [0, 0.05) is 17.3 Å². The van der Waals surface area contributed by atoms with Crippen molar-refractivity contribution in [2.75, 3.05) is 16.8 Å². The molecular weight excluding hydrogens is 246 g/mol. The lowest BCUT2D eigenvalue weighted by Crippen LogP contribution is -2.15. The molecule has 0 aliphatic heterocycles. The number of rotatable bonds is 4. The van der Waals surface area contributed by atoms with Gasteiger partial charge in [0.1, 0.15) is 0 Å². The maximum atomic E-state index is 11.7. The molecule has 0 unspecified atom stereocenters. The Kier molecular flexibility index (Phi) is 4.20. The van der Waals surface area contributed by atoms with Gasteiger partial charge < -0.3 is 11.1 Å². The summed E-state index contributed by atoms with van der Waals surface area (Å²) >= 11 is 1.46. The number of carbonyl (C=O) groups excluding carboxylic acids is 1. The molecule has 0 saturated heterocycles. The molecule has 2 aromatic rings. The van der Waals surface area contributed by atoms with Crippen molar-refractivity contribution in [1.29, 1.82) is 0 Å². The first-order valence-corrected chi connectivity index (χ1v) is 6.41. The smallest absolute Gasteiger partial charge is 0.234 e. The lowest BCUT2D eigenvalue weighted by Gasteiger charge is -2.07. The van der Waals surface area contributed by atoms with Crippen molar-refractivity contribution in [3.63, 3.8) is 0 Å². The van der Waals surface area contributed by atoms with Gasteiger partial charge >= 0.3 is 0 Å². The van der Waals surface area contributed by atoms with Crippen LogP contribution in [0.1, 0.15) is 0 Å². The molecule has 0 aliphatic carbocycles. The molecule has 0 atom stereocenters. The van der Waals surface area contributed by atoms with Crippen LogP contribution < -0.4 is 11.1 Å². The first kappa shape index (κ1) is 12.4. The molecule has 1 heterocycles. The monoisotopic (exact) mass is 259 g/mol. The van der Waals surface area contributed by atoms with Crippen molar-refractivity contribution < 1.29 is 4.79 Å². The fraction of sp³-hybridized carbons (Fsp3) is 0.0769. The molecule has 0 saturated carbocycles. The van der Waals surface area contributed by atoms with E-state index in [-0.39, 0.29) is 5.91 Å². The average molecular weight is 259 g/mol. The third-order valence-corrected chi connectivity index (χ3v) is 3.27. The Morgan fingerprint density at radius 2 is 1.94 bits per heavy atom. The Hall–Kier alpha value is -2.01. The Balaban J connectivity index is 1.88. The number of para-hydroxylation sites is 2. The number of nitrogen functional groups attached to an aromatic ring is 1. The highest BCUT2D eigenvalue weighted by molar-refractivity contribution is 8.00. The van der Waals surface area contributed by atoms with Gasteiger partial charge in [0.25, 0.3) is 0 Å². The topological polar surface area (TPSA) is 68.0 Å². The van der Waals surface area contributed by atoms with E-state index in [4.69, 9.17) is 5.73 Å². The maximum Gasteiger partial charge on any atom is 0.234 e. The molecule has 0 bridgehead atoms. The van der Waals surface area contributed by atoms with E-state index < -0.39 is 0 Å². The van der Waals surface area contributed by atoms with Crippen molar-refractivity contribution in [2.45, 2.75) is 4.90 Å². The van der Waals surface area contributed by atoms with Gasteiger partial charge in [-0.25, -0.2) is 0 Å².